The number of allylic oxidation sites excluding steroid dienone is 1. The van der Waals surface area contributed by atoms with Gasteiger partial charge in [0.2, 0.25) is 0 Å². The van der Waals surface area contributed by atoms with Crippen molar-refractivity contribution in [2.24, 2.45) is 0 Å². The van der Waals surface area contributed by atoms with Crippen LogP contribution in [0.15, 0.2) is 11.8 Å². The van der Waals surface area contributed by atoms with Gasteiger partial charge in [-0.3, -0.25) is 0 Å². The van der Waals surface area contributed by atoms with E-state index >= 15 is 0 Å². The van der Waals surface area contributed by atoms with Crippen LogP contribution in [0.3, 0.4) is 0 Å². The summed E-state index contributed by atoms with van der Waals surface area (Å²) in [5.41, 5.74) is 2.04. The van der Waals surface area contributed by atoms with Crippen LogP contribution in [0, 0.1) is 0 Å². The molecule has 3 heteroatoms. The molecule has 0 aliphatic heterocycles. The quantitative estimate of drug-likeness (QED) is 0.333. The van der Waals surface area contributed by atoms with Crippen LogP contribution in [0.1, 0.15) is 46.0 Å². The van der Waals surface area contributed by atoms with Crippen molar-refractivity contribution in [1.29, 1.82) is 0 Å². The van der Waals surface area contributed by atoms with E-state index in [0.717, 1.165) is 12.5 Å². The Bertz CT molecular complexity index is 144. The molecule has 0 bridgehead atoms. The smallest absolute Gasteiger partial charge is 0.140 e. The first-order valence-corrected chi connectivity index (χ1v) is 9.48. The van der Waals surface area contributed by atoms with Crippen molar-refractivity contribution in [2.75, 3.05) is 0 Å². The number of halogens is 2. The SMILES string of the molecule is CCC=C[Si](Cl)(Cl)CCCCCC. The fraction of sp³-hybridized carbons (Fsp3) is 0.800. The second kappa shape index (κ2) is 7.90. The molecule has 0 N–H and O–H groups in total. The molecule has 0 aromatic rings. The Kier molecular flexibility index (Phi) is 8.22. The van der Waals surface area contributed by atoms with Gasteiger partial charge in [0.05, 0.1) is 0 Å². The maximum atomic E-state index is 6.21. The van der Waals surface area contributed by atoms with Crippen molar-refractivity contribution in [2.45, 2.75) is 52.0 Å². The molecule has 0 aliphatic rings. The van der Waals surface area contributed by atoms with E-state index in [2.05, 4.69) is 19.9 Å². The molecule has 0 aromatic carbocycles. The highest BCUT2D eigenvalue weighted by atomic mass is 35.7. The topological polar surface area (TPSA) is 0 Å². The summed E-state index contributed by atoms with van der Waals surface area (Å²) in [5.74, 6) is 0. The summed E-state index contributed by atoms with van der Waals surface area (Å²) < 4.78 is 0. The van der Waals surface area contributed by atoms with Crippen LogP contribution in [-0.4, -0.2) is 6.69 Å². The fourth-order valence-electron chi connectivity index (χ4n) is 1.16. The summed E-state index contributed by atoms with van der Waals surface area (Å²) in [4.78, 5) is 0. The summed E-state index contributed by atoms with van der Waals surface area (Å²) >= 11 is 12.4. The summed E-state index contributed by atoms with van der Waals surface area (Å²) in [5, 5.41) is 0. The van der Waals surface area contributed by atoms with Crippen LogP contribution in [0.4, 0.5) is 0 Å². The molecule has 0 aliphatic carbocycles. The molecule has 0 saturated carbocycles. The van der Waals surface area contributed by atoms with Gasteiger partial charge >= 0.3 is 0 Å². The largest absolute Gasteiger partial charge is 0.273 e. The molecule has 0 radical (unpaired) electrons. The number of unbranched alkanes of at least 4 members (excludes halogenated alkanes) is 3. The first-order valence-electron chi connectivity index (χ1n) is 5.18. The van der Waals surface area contributed by atoms with Crippen molar-refractivity contribution < 1.29 is 0 Å². The molecule has 0 aromatic heterocycles. The van der Waals surface area contributed by atoms with E-state index in [-0.39, 0.29) is 0 Å². The summed E-state index contributed by atoms with van der Waals surface area (Å²) in [6, 6.07) is 1.01. The third-order valence-corrected chi connectivity index (χ3v) is 5.59. The van der Waals surface area contributed by atoms with E-state index in [1.54, 1.807) is 0 Å². The Hall–Kier alpha value is 0.537. The normalized spacial score (nSPS) is 12.6. The third kappa shape index (κ3) is 8.86. The Morgan fingerprint density at radius 1 is 1.08 bits per heavy atom. The highest BCUT2D eigenvalue weighted by molar-refractivity contribution is 7.47. The average molecular weight is 239 g/mol. The van der Waals surface area contributed by atoms with Crippen LogP contribution in [0.5, 0.6) is 0 Å². The molecule has 0 nitrogen and oxygen atoms in total. The molecule has 0 heterocycles. The van der Waals surface area contributed by atoms with Crippen LogP contribution in [0.25, 0.3) is 0 Å². The van der Waals surface area contributed by atoms with E-state index < -0.39 is 6.69 Å². The van der Waals surface area contributed by atoms with Crippen molar-refractivity contribution in [3.05, 3.63) is 11.8 Å². The van der Waals surface area contributed by atoms with Gasteiger partial charge in [-0.05, 0) is 12.5 Å². The summed E-state index contributed by atoms with van der Waals surface area (Å²) in [6.45, 7) is 2.30. The summed E-state index contributed by atoms with van der Waals surface area (Å²) in [7, 11) is 0. The van der Waals surface area contributed by atoms with Gasteiger partial charge in [-0.15, -0.1) is 22.2 Å². The minimum atomic E-state index is -2.01. The standard InChI is InChI=1S/C10H20Cl2Si/c1-3-5-7-8-10-13(11,12)9-6-4-2/h6,9H,3-5,7-8,10H2,1-2H3. The van der Waals surface area contributed by atoms with Crippen molar-refractivity contribution in [3.63, 3.8) is 0 Å². The number of rotatable bonds is 7. The summed E-state index contributed by atoms with van der Waals surface area (Å²) in [6.07, 6.45) is 8.14. The zero-order chi connectivity index (χ0) is 10.2. The number of hydrogen-bond acceptors (Lipinski definition) is 0. The Morgan fingerprint density at radius 3 is 2.31 bits per heavy atom. The van der Waals surface area contributed by atoms with Gasteiger partial charge in [0, 0.05) is 0 Å². The van der Waals surface area contributed by atoms with Crippen LogP contribution < -0.4 is 0 Å². The molecule has 0 saturated heterocycles. The molecule has 0 rings (SSSR count). The van der Waals surface area contributed by atoms with Gasteiger partial charge < -0.3 is 0 Å². The van der Waals surface area contributed by atoms with Crippen molar-refractivity contribution in [3.8, 4) is 0 Å². The van der Waals surface area contributed by atoms with Gasteiger partial charge in [-0.2, -0.15) is 0 Å². The van der Waals surface area contributed by atoms with E-state index in [0.29, 0.717) is 0 Å². The maximum Gasteiger partial charge on any atom is 0.273 e. The van der Waals surface area contributed by atoms with Gasteiger partial charge in [0.1, 0.15) is 0 Å². The van der Waals surface area contributed by atoms with Gasteiger partial charge in [0.15, 0.2) is 0 Å². The monoisotopic (exact) mass is 238 g/mol. The van der Waals surface area contributed by atoms with Crippen LogP contribution >= 0.6 is 22.2 Å². The van der Waals surface area contributed by atoms with E-state index in [1.807, 2.05) is 5.70 Å². The van der Waals surface area contributed by atoms with E-state index in [1.165, 1.54) is 25.7 Å². The van der Waals surface area contributed by atoms with Gasteiger partial charge in [0.25, 0.3) is 6.69 Å². The van der Waals surface area contributed by atoms with Crippen molar-refractivity contribution in [1.82, 2.24) is 0 Å². The molecule has 13 heavy (non-hydrogen) atoms. The molecular formula is C10H20Cl2Si. The second-order valence-corrected chi connectivity index (χ2v) is 10.4. The van der Waals surface area contributed by atoms with E-state index in [9.17, 15) is 0 Å². The maximum absolute atomic E-state index is 6.21. The molecule has 0 spiro atoms. The lowest BCUT2D eigenvalue weighted by Crippen LogP contribution is -2.14. The first kappa shape index (κ1) is 13.5. The Labute approximate surface area is 92.7 Å². The fourth-order valence-corrected chi connectivity index (χ4v) is 3.97. The third-order valence-electron chi connectivity index (χ3n) is 1.96. The molecule has 0 unspecified atom stereocenters. The lowest BCUT2D eigenvalue weighted by molar-refractivity contribution is 0.699. The predicted octanol–water partition coefficient (Wildman–Crippen LogP) is 4.99. The Balaban J connectivity index is 3.56. The molecular weight excluding hydrogens is 219 g/mol. The zero-order valence-corrected chi connectivity index (χ0v) is 11.2. The van der Waals surface area contributed by atoms with E-state index in [4.69, 9.17) is 22.2 Å². The van der Waals surface area contributed by atoms with Gasteiger partial charge in [-0.1, -0.05) is 51.3 Å². The predicted molar refractivity (Wildman–Crippen MR) is 65.8 cm³/mol. The van der Waals surface area contributed by atoms with Gasteiger partial charge in [-0.25, -0.2) is 0 Å². The lowest BCUT2D eigenvalue weighted by Gasteiger charge is -2.10. The van der Waals surface area contributed by atoms with Crippen molar-refractivity contribution >= 4 is 28.9 Å². The molecule has 0 atom stereocenters. The zero-order valence-electron chi connectivity index (χ0n) is 8.65. The highest BCUT2D eigenvalue weighted by Gasteiger charge is 2.23. The second-order valence-electron chi connectivity index (χ2n) is 3.38. The average Bonchev–Trinajstić information content (AvgIpc) is 2.09. The number of hydrogen-bond donors (Lipinski definition) is 0. The lowest BCUT2D eigenvalue weighted by atomic mass is 10.2. The van der Waals surface area contributed by atoms with Crippen LogP contribution in [0.2, 0.25) is 6.04 Å². The highest BCUT2D eigenvalue weighted by Crippen LogP contribution is 2.25. The molecule has 78 valence electrons. The minimum absolute atomic E-state index is 1.01. The molecule has 0 fully saturated rings. The minimum Gasteiger partial charge on any atom is -0.140 e. The first-order chi connectivity index (χ1) is 6.12. The molecule has 0 amide bonds. The van der Waals surface area contributed by atoms with Crippen LogP contribution in [-0.2, 0) is 0 Å². The Morgan fingerprint density at radius 2 is 1.77 bits per heavy atom.